The lowest BCUT2D eigenvalue weighted by atomic mass is 9.76. The molecule has 5 atom stereocenters. The van der Waals surface area contributed by atoms with Gasteiger partial charge in [-0.15, -0.1) is 0 Å². The number of halogens is 6. The Bertz CT molecular complexity index is 3360. The number of nitrogens with zero attached hydrogens (tertiary/aromatic N) is 5. The maximum absolute atomic E-state index is 15.1. The Morgan fingerprint density at radius 3 is 2.28 bits per heavy atom. The second kappa shape index (κ2) is 22.7. The number of rotatable bonds is 12. The first-order chi connectivity index (χ1) is 36.5. The maximum Gasteiger partial charge on any atom is 0.309 e. The highest BCUT2D eigenvalue weighted by atomic mass is 35.5. The first-order valence-corrected chi connectivity index (χ1v) is 29.2. The van der Waals surface area contributed by atoms with Crippen molar-refractivity contribution in [2.75, 3.05) is 31.2 Å². The van der Waals surface area contributed by atoms with Crippen molar-refractivity contribution in [2.45, 2.75) is 75.7 Å². The minimum atomic E-state index is -3.71. The molecule has 3 aliphatic heterocycles. The zero-order valence-corrected chi connectivity index (χ0v) is 44.6. The molecule has 1 saturated heterocycles. The number of nitrogens with one attached hydrogen (secondary N) is 1. The Morgan fingerprint density at radius 2 is 1.54 bits per heavy atom. The first kappa shape index (κ1) is 53.6. The summed E-state index contributed by atoms with van der Waals surface area (Å²) < 4.78 is 91.0. The fraction of sp³-hybridized carbons (Fsp3) is 0.375. The van der Waals surface area contributed by atoms with Gasteiger partial charge < -0.3 is 4.74 Å². The monoisotopic (exact) mass is 1120 g/mol. The van der Waals surface area contributed by atoms with E-state index in [2.05, 4.69) is 10.5 Å². The van der Waals surface area contributed by atoms with Crippen molar-refractivity contribution in [3.05, 3.63) is 163 Å². The maximum atomic E-state index is 15.1. The number of ketones is 1. The molecular formula is C56H54Cl2F4N6O6S2. The van der Waals surface area contributed by atoms with E-state index in [9.17, 15) is 36.0 Å². The summed E-state index contributed by atoms with van der Waals surface area (Å²) in [6.45, 7) is 3.64. The molecule has 2 saturated carbocycles. The summed E-state index contributed by atoms with van der Waals surface area (Å²) in [5, 5.41) is 12.2. The van der Waals surface area contributed by atoms with Crippen LogP contribution in [0.15, 0.2) is 84.9 Å². The van der Waals surface area contributed by atoms with Gasteiger partial charge in [0.05, 0.1) is 46.1 Å². The topological polar surface area (TPSA) is 145 Å². The number of benzene rings is 4. The molecule has 5 heterocycles. The SMILES string of the molecule is CCOC(=O)[C@@H]1C2CCC(C2)[C@@H]1CC(=O)c1nn(-c2ccc(F)cc2F)c2c1CS(=O)(=O)C[C@@H]2Cc1cccc(F)c1.O=C(NN1CCCCC1)c1nn(-c2ccc(Cl)cc2Cl)c2c1CSC/C2=C\c1ccc(F)cc1. The van der Waals surface area contributed by atoms with Crippen LogP contribution in [0.5, 0.6) is 0 Å². The smallest absolute Gasteiger partial charge is 0.309 e. The number of fused-ring (bicyclic) bond motifs is 4. The van der Waals surface area contributed by atoms with Crippen LogP contribution in [0.3, 0.4) is 0 Å². The van der Waals surface area contributed by atoms with E-state index >= 15 is 4.39 Å². The number of sulfone groups is 1. The van der Waals surface area contributed by atoms with Gasteiger partial charge in [0.1, 0.15) is 28.8 Å². The summed E-state index contributed by atoms with van der Waals surface area (Å²) in [7, 11) is -3.71. The van der Waals surface area contributed by atoms with Crippen molar-refractivity contribution in [1.29, 1.82) is 0 Å². The van der Waals surface area contributed by atoms with Crippen LogP contribution in [0.4, 0.5) is 17.6 Å². The molecule has 12 nitrogen and oxygen atoms in total. The van der Waals surface area contributed by atoms with Gasteiger partial charge in [-0.25, -0.2) is 40.4 Å². The molecule has 2 aliphatic carbocycles. The van der Waals surface area contributed by atoms with Crippen molar-refractivity contribution >= 4 is 74.1 Å². The van der Waals surface area contributed by atoms with Crippen molar-refractivity contribution in [1.82, 2.24) is 30.0 Å². The molecule has 5 aliphatic rings. The van der Waals surface area contributed by atoms with E-state index in [0.29, 0.717) is 44.5 Å². The highest BCUT2D eigenvalue weighted by molar-refractivity contribution is 7.99. The molecule has 6 aromatic rings. The van der Waals surface area contributed by atoms with Crippen LogP contribution in [0, 0.1) is 46.9 Å². The van der Waals surface area contributed by atoms with Gasteiger partial charge in [0.15, 0.2) is 27.1 Å². The Hall–Kier alpha value is -5.79. The molecule has 2 bridgehead atoms. The van der Waals surface area contributed by atoms with E-state index in [1.54, 1.807) is 53.7 Å². The number of Topliss-reactive ketones (excluding diaryl/α,β-unsaturated/α-hetero) is 1. The molecule has 1 amide bonds. The highest BCUT2D eigenvalue weighted by Crippen LogP contribution is 2.54. The van der Waals surface area contributed by atoms with Crippen LogP contribution >= 0.6 is 35.0 Å². The van der Waals surface area contributed by atoms with Crippen LogP contribution in [0.2, 0.25) is 10.0 Å². The number of hydrogen-bond acceptors (Lipinski definition) is 10. The lowest BCUT2D eigenvalue weighted by Gasteiger charge is -2.29. The molecule has 398 valence electrons. The number of carbonyl (C=O) groups is 3. The Balaban J connectivity index is 0.000000177. The number of esters is 1. The quantitative estimate of drug-likeness (QED) is 0.0714. The number of amides is 1. The third kappa shape index (κ3) is 11.4. The van der Waals surface area contributed by atoms with Gasteiger partial charge in [-0.05, 0) is 141 Å². The van der Waals surface area contributed by atoms with Crippen LogP contribution in [0.1, 0.15) is 112 Å². The number of ether oxygens (including phenoxy) is 1. The second-order valence-corrected chi connectivity index (χ2v) is 24.0. The van der Waals surface area contributed by atoms with E-state index < -0.39 is 50.7 Å². The average molecular weight is 1120 g/mol. The Labute approximate surface area is 452 Å². The summed E-state index contributed by atoms with van der Waals surface area (Å²) in [6.07, 6.45) is 8.03. The van der Waals surface area contributed by atoms with Crippen LogP contribution in [-0.2, 0) is 37.3 Å². The second-order valence-electron chi connectivity index (χ2n) is 20.1. The number of hydrogen-bond donors (Lipinski definition) is 1. The molecular weight excluding hydrogens is 1060 g/mol. The van der Waals surface area contributed by atoms with Gasteiger partial charge >= 0.3 is 5.97 Å². The number of aromatic nitrogens is 4. The number of thioether (sulfide) groups is 1. The number of carbonyl (C=O) groups excluding carboxylic acids is 3. The van der Waals surface area contributed by atoms with E-state index in [1.807, 2.05) is 17.2 Å². The molecule has 0 radical (unpaired) electrons. The van der Waals surface area contributed by atoms with Gasteiger partial charge in [-0.2, -0.15) is 22.0 Å². The minimum absolute atomic E-state index is 0.0192. The van der Waals surface area contributed by atoms with E-state index in [0.717, 1.165) is 79.4 Å². The van der Waals surface area contributed by atoms with Crippen LogP contribution < -0.4 is 5.43 Å². The summed E-state index contributed by atoms with van der Waals surface area (Å²) in [5.41, 5.74) is 8.48. The molecule has 2 aromatic heterocycles. The molecule has 11 rings (SSSR count). The van der Waals surface area contributed by atoms with Gasteiger partial charge in [0.2, 0.25) is 0 Å². The summed E-state index contributed by atoms with van der Waals surface area (Å²) in [4.78, 5) is 40.1. The third-order valence-corrected chi connectivity index (χ3v) is 18.2. The average Bonchev–Trinajstić information content (AvgIpc) is 4.19. The van der Waals surface area contributed by atoms with Gasteiger partial charge in [0, 0.05) is 59.1 Å². The molecule has 1 N–H and O–H groups in total. The predicted molar refractivity (Wildman–Crippen MR) is 284 cm³/mol. The minimum Gasteiger partial charge on any atom is -0.466 e. The van der Waals surface area contributed by atoms with E-state index in [1.165, 1.54) is 47.5 Å². The molecule has 0 spiro atoms. The standard InChI is InChI=1S/C31H31F3N2O5S.C25H23Cl2FN4OS/c1-2-41-31(38)28-19-7-6-18(12-19)23(28)14-27(37)29-24-16-42(39,40)15-20(10-17-4-3-5-21(32)11-17)30(24)36(35-29)26-9-8-22(33)13-25(26)34;26-18-6-9-22(21(27)13-18)32-24-17(12-16-4-7-19(28)8-5-16)14-34-15-20(24)23(29-32)25(33)30-31-10-2-1-3-11-31/h3-5,8-9,11,13,18-20,23,28H,2,6-7,10,12,14-16H2,1H3;4-9,12-13H,1-3,10-11,14-15H2,(H,30,33)/b;17-12+/t18?,19?,20-,23-,28+;/m0./s1. The fourth-order valence-corrected chi connectivity index (χ4v) is 15.0. The van der Waals surface area contributed by atoms with Crippen molar-refractivity contribution in [3.8, 4) is 11.4 Å². The Kier molecular flexibility index (Phi) is 16.0. The number of hydrazine groups is 1. The zero-order valence-electron chi connectivity index (χ0n) is 41.4. The Morgan fingerprint density at radius 1 is 0.816 bits per heavy atom. The fourth-order valence-electron chi connectivity index (χ4n) is 11.8. The lowest BCUT2D eigenvalue weighted by molar-refractivity contribution is -0.151. The van der Waals surface area contributed by atoms with Gasteiger partial charge in [-0.1, -0.05) is 53.9 Å². The van der Waals surface area contributed by atoms with Crippen molar-refractivity contribution in [3.63, 3.8) is 0 Å². The molecule has 76 heavy (non-hydrogen) atoms. The normalized spacial score (nSPS) is 22.1. The summed E-state index contributed by atoms with van der Waals surface area (Å²) in [5.74, 6) is -3.97. The molecule has 2 unspecified atom stereocenters. The van der Waals surface area contributed by atoms with Crippen LogP contribution in [-0.4, -0.2) is 81.8 Å². The van der Waals surface area contributed by atoms with Crippen molar-refractivity contribution < 1.29 is 45.1 Å². The lowest BCUT2D eigenvalue weighted by Crippen LogP contribution is -2.45. The zero-order chi connectivity index (χ0) is 53.4. The molecule has 3 fully saturated rings. The molecule has 4 aromatic carbocycles. The third-order valence-electron chi connectivity index (χ3n) is 15.0. The van der Waals surface area contributed by atoms with Gasteiger partial charge in [-0.3, -0.25) is 19.8 Å². The van der Waals surface area contributed by atoms with E-state index in [4.69, 9.17) is 33.0 Å². The van der Waals surface area contributed by atoms with E-state index in [-0.39, 0.29) is 77.6 Å². The summed E-state index contributed by atoms with van der Waals surface area (Å²) in [6, 6.07) is 20.3. The number of piperidine rings is 1. The van der Waals surface area contributed by atoms with Crippen molar-refractivity contribution in [2.24, 2.45) is 23.7 Å². The van der Waals surface area contributed by atoms with Gasteiger partial charge in [0.25, 0.3) is 5.91 Å². The highest BCUT2D eigenvalue weighted by Gasteiger charge is 2.52. The van der Waals surface area contributed by atoms with Crippen LogP contribution in [0.25, 0.3) is 23.0 Å². The largest absolute Gasteiger partial charge is 0.466 e. The summed E-state index contributed by atoms with van der Waals surface area (Å²) >= 11 is 14.4. The predicted octanol–water partition coefficient (Wildman–Crippen LogP) is 11.6. The first-order valence-electron chi connectivity index (χ1n) is 25.4. The molecule has 20 heteroatoms.